The first-order valence-corrected chi connectivity index (χ1v) is 12.3. The highest BCUT2D eigenvalue weighted by Crippen LogP contribution is 2.40. The largest absolute Gasteiger partial charge is 0.352 e. The van der Waals surface area contributed by atoms with Crippen LogP contribution in [0.15, 0.2) is 12.4 Å². The van der Waals surface area contributed by atoms with Gasteiger partial charge in [0.1, 0.15) is 5.82 Å². The van der Waals surface area contributed by atoms with Crippen molar-refractivity contribution in [1.29, 1.82) is 5.26 Å². The van der Waals surface area contributed by atoms with Crippen molar-refractivity contribution < 1.29 is 0 Å². The molecule has 0 bridgehead atoms. The number of nitriles is 1. The van der Waals surface area contributed by atoms with Crippen LogP contribution < -0.4 is 10.2 Å². The maximum absolute atomic E-state index is 9.70. The number of aromatic nitrogens is 4. The van der Waals surface area contributed by atoms with Gasteiger partial charge in [0.15, 0.2) is 0 Å². The maximum Gasteiger partial charge on any atom is 0.229 e. The number of aryl methyl sites for hydroxylation is 2. The third kappa shape index (κ3) is 3.65. The Morgan fingerprint density at radius 3 is 2.88 bits per heavy atom. The van der Waals surface area contributed by atoms with Crippen molar-refractivity contribution in [3.63, 3.8) is 0 Å². The number of anilines is 3. The molecule has 174 valence electrons. The Bertz CT molecular complexity index is 1080. The highest BCUT2D eigenvalue weighted by molar-refractivity contribution is 5.60. The zero-order chi connectivity index (χ0) is 22.6. The maximum atomic E-state index is 9.70. The second kappa shape index (κ2) is 7.96. The summed E-state index contributed by atoms with van der Waals surface area (Å²) in [4.78, 5) is 17.4. The van der Waals surface area contributed by atoms with Crippen molar-refractivity contribution in [3.8, 4) is 6.07 Å². The lowest BCUT2D eigenvalue weighted by Crippen LogP contribution is -2.73. The van der Waals surface area contributed by atoms with Crippen molar-refractivity contribution in [2.24, 2.45) is 13.0 Å². The smallest absolute Gasteiger partial charge is 0.229 e. The minimum atomic E-state index is -0.0555. The van der Waals surface area contributed by atoms with Gasteiger partial charge in [0.05, 0.1) is 35.6 Å². The molecule has 0 amide bonds. The van der Waals surface area contributed by atoms with E-state index >= 15 is 0 Å². The van der Waals surface area contributed by atoms with E-state index in [1.807, 2.05) is 13.2 Å². The lowest BCUT2D eigenvalue weighted by Gasteiger charge is -2.58. The van der Waals surface area contributed by atoms with E-state index in [9.17, 15) is 5.26 Å². The van der Waals surface area contributed by atoms with Crippen LogP contribution in [0, 0.1) is 17.2 Å². The van der Waals surface area contributed by atoms with E-state index in [0.717, 1.165) is 75.1 Å². The summed E-state index contributed by atoms with van der Waals surface area (Å²) in [6.07, 6.45) is 8.77. The fourth-order valence-electron chi connectivity index (χ4n) is 6.46. The number of rotatable bonds is 5. The average Bonchev–Trinajstić information content (AvgIpc) is 3.48. The number of fused-ring (bicyclic) bond motifs is 2. The molecule has 4 aliphatic rings. The predicted octanol–water partition coefficient (Wildman–Crippen LogP) is 1.94. The molecule has 3 aliphatic heterocycles. The number of piperazine rings is 1. The minimum Gasteiger partial charge on any atom is -0.352 e. The van der Waals surface area contributed by atoms with Gasteiger partial charge in [0.2, 0.25) is 5.95 Å². The number of hydrogen-bond acceptors (Lipinski definition) is 8. The van der Waals surface area contributed by atoms with Gasteiger partial charge in [-0.15, -0.1) is 0 Å². The Hall–Kier alpha value is -2.70. The fourth-order valence-corrected chi connectivity index (χ4v) is 6.46. The van der Waals surface area contributed by atoms with Crippen LogP contribution in [0.4, 0.5) is 17.5 Å². The van der Waals surface area contributed by atoms with Gasteiger partial charge in [-0.25, -0.2) is 4.98 Å². The minimum absolute atomic E-state index is 0.0555. The Labute approximate surface area is 195 Å². The summed E-state index contributed by atoms with van der Waals surface area (Å²) in [6, 6.07) is 3.16. The molecule has 1 aliphatic carbocycles. The van der Waals surface area contributed by atoms with Gasteiger partial charge < -0.3 is 10.2 Å². The van der Waals surface area contributed by atoms with Crippen LogP contribution in [0.25, 0.3) is 0 Å². The molecule has 0 aromatic carbocycles. The molecule has 3 saturated heterocycles. The van der Waals surface area contributed by atoms with Crippen molar-refractivity contribution in [1.82, 2.24) is 29.5 Å². The molecule has 3 fully saturated rings. The number of nitrogens with zero attached hydrogens (tertiary/aromatic N) is 8. The molecule has 5 heterocycles. The third-order valence-electron chi connectivity index (χ3n) is 8.05. The highest BCUT2D eigenvalue weighted by Gasteiger charge is 2.51. The van der Waals surface area contributed by atoms with E-state index in [4.69, 9.17) is 9.97 Å². The molecule has 2 atom stereocenters. The highest BCUT2D eigenvalue weighted by atomic mass is 15.4. The van der Waals surface area contributed by atoms with E-state index in [-0.39, 0.29) is 5.54 Å². The molecule has 1 N–H and O–H groups in total. The van der Waals surface area contributed by atoms with Crippen molar-refractivity contribution in [2.45, 2.75) is 50.6 Å². The van der Waals surface area contributed by atoms with E-state index < -0.39 is 0 Å². The van der Waals surface area contributed by atoms with Gasteiger partial charge in [0, 0.05) is 64.1 Å². The molecular weight excluding hydrogens is 414 g/mol. The monoisotopic (exact) mass is 447 g/mol. The van der Waals surface area contributed by atoms with Crippen LogP contribution in [-0.2, 0) is 19.9 Å². The molecule has 6 rings (SSSR count). The Kier molecular flexibility index (Phi) is 5.03. The van der Waals surface area contributed by atoms with Gasteiger partial charge in [-0.05, 0) is 31.6 Å². The molecule has 2 aromatic heterocycles. The van der Waals surface area contributed by atoms with E-state index in [0.29, 0.717) is 18.4 Å². The van der Waals surface area contributed by atoms with Gasteiger partial charge >= 0.3 is 0 Å². The van der Waals surface area contributed by atoms with Crippen LogP contribution in [-0.4, -0.2) is 80.4 Å². The molecule has 0 radical (unpaired) electrons. The summed E-state index contributed by atoms with van der Waals surface area (Å²) in [5.74, 6) is 2.49. The van der Waals surface area contributed by atoms with Gasteiger partial charge in [0.25, 0.3) is 0 Å². The Morgan fingerprint density at radius 1 is 1.21 bits per heavy atom. The third-order valence-corrected chi connectivity index (χ3v) is 8.05. The van der Waals surface area contributed by atoms with Crippen LogP contribution in [0.1, 0.15) is 37.4 Å². The van der Waals surface area contributed by atoms with Crippen LogP contribution in [0.5, 0.6) is 0 Å². The van der Waals surface area contributed by atoms with Crippen molar-refractivity contribution in [2.75, 3.05) is 49.5 Å². The lowest BCUT2D eigenvalue weighted by molar-refractivity contribution is -0.000612. The van der Waals surface area contributed by atoms with Gasteiger partial charge in [-0.2, -0.15) is 15.3 Å². The summed E-state index contributed by atoms with van der Waals surface area (Å²) >= 11 is 0. The number of nitrogens with one attached hydrogen (secondary N) is 1. The van der Waals surface area contributed by atoms with Crippen LogP contribution in [0.2, 0.25) is 0 Å². The molecule has 9 nitrogen and oxygen atoms in total. The van der Waals surface area contributed by atoms with E-state index in [1.165, 1.54) is 18.5 Å². The fraction of sp³-hybridized carbons (Fsp3) is 0.667. The van der Waals surface area contributed by atoms with Crippen LogP contribution in [0.3, 0.4) is 0 Å². The quantitative estimate of drug-likeness (QED) is 0.744. The summed E-state index contributed by atoms with van der Waals surface area (Å²) in [6.45, 7) is 8.63. The summed E-state index contributed by atoms with van der Waals surface area (Å²) in [7, 11) is 1.90. The lowest BCUT2D eigenvalue weighted by atomic mass is 9.83. The molecule has 0 unspecified atom stereocenters. The van der Waals surface area contributed by atoms with Crippen LogP contribution >= 0.6 is 0 Å². The van der Waals surface area contributed by atoms with E-state index in [2.05, 4.69) is 38.1 Å². The first-order valence-electron chi connectivity index (χ1n) is 12.3. The Balaban J connectivity index is 1.23. The van der Waals surface area contributed by atoms with Crippen molar-refractivity contribution in [3.05, 3.63) is 23.7 Å². The van der Waals surface area contributed by atoms with Gasteiger partial charge in [-0.3, -0.25) is 14.5 Å². The molecule has 2 aromatic rings. The molecular formula is C24H33N9. The average molecular weight is 448 g/mol. The summed E-state index contributed by atoms with van der Waals surface area (Å²) in [5, 5.41) is 17.3. The molecule has 33 heavy (non-hydrogen) atoms. The Morgan fingerprint density at radius 2 is 2.09 bits per heavy atom. The first-order chi connectivity index (χ1) is 16.0. The zero-order valence-electron chi connectivity index (χ0n) is 19.7. The predicted molar refractivity (Wildman–Crippen MR) is 126 cm³/mol. The zero-order valence-corrected chi connectivity index (χ0v) is 19.7. The second-order valence-corrected chi connectivity index (χ2v) is 10.5. The number of hydrogen-bond donors (Lipinski definition) is 1. The summed E-state index contributed by atoms with van der Waals surface area (Å²) < 4.78 is 1.77. The summed E-state index contributed by atoms with van der Waals surface area (Å²) in [5.41, 5.74) is 3.30. The standard InChI is InChI=1S/C24H33N9/c1-17-10-19-14-33(9-8-31(19)12-17)24(6-7-25)15-32(16-24)22-20-4-3-5-21(20)28-23(29-22)27-18-11-26-30(2)13-18/h11,13,17,19H,3-6,8-10,12,14-16H2,1-2H3,(H,27,28,29)/t17-,19+/m1/s1. The normalized spacial score (nSPS) is 26.5. The van der Waals surface area contributed by atoms with E-state index in [1.54, 1.807) is 10.9 Å². The molecule has 0 saturated carbocycles. The molecule has 0 spiro atoms. The first kappa shape index (κ1) is 20.9. The van der Waals surface area contributed by atoms with Crippen molar-refractivity contribution >= 4 is 17.5 Å². The molecule has 9 heteroatoms. The second-order valence-electron chi connectivity index (χ2n) is 10.5. The SMILES string of the molecule is C[C@@H]1C[C@H]2CN(C3(CC#N)CN(c4nc(Nc5cnn(C)c5)nc5c4CCC5)C3)CCN2C1. The van der Waals surface area contributed by atoms with Gasteiger partial charge in [-0.1, -0.05) is 6.92 Å². The topological polar surface area (TPSA) is 89.1 Å².